The van der Waals surface area contributed by atoms with E-state index in [1.807, 2.05) is 0 Å². The van der Waals surface area contributed by atoms with Crippen LogP contribution in [0.2, 0.25) is 0 Å². The molecule has 1 N–H and O–H groups in total. The first-order valence-electron chi connectivity index (χ1n) is 7.18. The third kappa shape index (κ3) is 4.35. The molecule has 1 saturated carbocycles. The van der Waals surface area contributed by atoms with Gasteiger partial charge in [0.05, 0.1) is 0 Å². The average molecular weight is 259 g/mol. The predicted molar refractivity (Wildman–Crippen MR) is 81.5 cm³/mol. The molecule has 0 aliphatic heterocycles. The molecular formula is C16H25N3. The van der Waals surface area contributed by atoms with Gasteiger partial charge in [0.25, 0.3) is 0 Å². The number of nitrogens with zero attached hydrogens (tertiary/aromatic N) is 2. The van der Waals surface area contributed by atoms with Crippen molar-refractivity contribution in [3.05, 3.63) is 35.5 Å². The zero-order chi connectivity index (χ0) is 13.8. The molecule has 0 spiro atoms. The number of aryl methyl sites for hydroxylation is 1. The van der Waals surface area contributed by atoms with Gasteiger partial charge in [0.15, 0.2) is 0 Å². The Balaban J connectivity index is 2.10. The van der Waals surface area contributed by atoms with Crippen molar-refractivity contribution in [2.45, 2.75) is 46.2 Å². The highest BCUT2D eigenvalue weighted by molar-refractivity contribution is 5.43. The van der Waals surface area contributed by atoms with Crippen LogP contribution in [0.25, 0.3) is 0 Å². The van der Waals surface area contributed by atoms with Crippen molar-refractivity contribution in [1.82, 2.24) is 10.3 Å². The van der Waals surface area contributed by atoms with Gasteiger partial charge < -0.3 is 10.2 Å². The molecule has 0 radical (unpaired) electrons. The number of likely N-dealkylation sites (N-methyl/N-ethyl adjacent to an activating group) is 1. The third-order valence-corrected chi connectivity index (χ3v) is 3.34. The lowest BCUT2D eigenvalue weighted by molar-refractivity contribution is 0.685. The summed E-state index contributed by atoms with van der Waals surface area (Å²) in [6.45, 7) is 13.1. The van der Waals surface area contributed by atoms with Crippen LogP contribution in [0.1, 0.15) is 37.9 Å². The number of pyridine rings is 1. The molecular weight excluding hydrogens is 234 g/mol. The SMILES string of the molecule is C=C(C)CN(CC)c1cc(CNC2CC2)cc(C)n1. The van der Waals surface area contributed by atoms with E-state index in [4.69, 9.17) is 0 Å². The van der Waals surface area contributed by atoms with Crippen molar-refractivity contribution >= 4 is 5.82 Å². The highest BCUT2D eigenvalue weighted by Gasteiger charge is 2.20. The van der Waals surface area contributed by atoms with Crippen LogP contribution in [-0.2, 0) is 6.54 Å². The van der Waals surface area contributed by atoms with E-state index in [-0.39, 0.29) is 0 Å². The summed E-state index contributed by atoms with van der Waals surface area (Å²) < 4.78 is 0. The maximum atomic E-state index is 4.66. The number of anilines is 1. The van der Waals surface area contributed by atoms with Gasteiger partial charge in [-0.2, -0.15) is 0 Å². The van der Waals surface area contributed by atoms with Crippen LogP contribution < -0.4 is 10.2 Å². The first-order valence-corrected chi connectivity index (χ1v) is 7.18. The Labute approximate surface area is 116 Å². The molecule has 19 heavy (non-hydrogen) atoms. The number of aromatic nitrogens is 1. The van der Waals surface area contributed by atoms with Crippen LogP contribution in [0, 0.1) is 6.92 Å². The molecule has 0 atom stereocenters. The maximum absolute atomic E-state index is 4.66. The summed E-state index contributed by atoms with van der Waals surface area (Å²) in [5.74, 6) is 1.07. The fraction of sp³-hybridized carbons (Fsp3) is 0.562. The zero-order valence-electron chi connectivity index (χ0n) is 12.4. The normalized spacial score (nSPS) is 14.5. The van der Waals surface area contributed by atoms with E-state index >= 15 is 0 Å². The van der Waals surface area contributed by atoms with Gasteiger partial charge in [-0.1, -0.05) is 12.2 Å². The second kappa shape index (κ2) is 6.20. The van der Waals surface area contributed by atoms with Crippen LogP contribution >= 0.6 is 0 Å². The van der Waals surface area contributed by atoms with Gasteiger partial charge in [-0.25, -0.2) is 4.98 Å². The van der Waals surface area contributed by atoms with Crippen molar-refractivity contribution < 1.29 is 0 Å². The molecule has 3 nitrogen and oxygen atoms in total. The smallest absolute Gasteiger partial charge is 0.129 e. The lowest BCUT2D eigenvalue weighted by Crippen LogP contribution is -2.26. The van der Waals surface area contributed by atoms with Gasteiger partial charge in [-0.05, 0) is 51.3 Å². The molecule has 0 aromatic carbocycles. The predicted octanol–water partition coefficient (Wildman–Crippen LogP) is 3.04. The Morgan fingerprint density at radius 1 is 1.47 bits per heavy atom. The minimum absolute atomic E-state index is 0.745. The van der Waals surface area contributed by atoms with Crippen LogP contribution in [0.4, 0.5) is 5.82 Å². The first-order chi connectivity index (χ1) is 9.08. The van der Waals surface area contributed by atoms with E-state index < -0.39 is 0 Å². The number of nitrogens with one attached hydrogen (secondary N) is 1. The summed E-state index contributed by atoms with van der Waals surface area (Å²) in [6, 6.07) is 5.12. The third-order valence-electron chi connectivity index (χ3n) is 3.34. The second-order valence-corrected chi connectivity index (χ2v) is 5.60. The standard InChI is InChI=1S/C16H25N3/c1-5-19(11-12(2)3)16-9-14(8-13(4)18-16)10-17-15-6-7-15/h8-9,15,17H,2,5-7,10-11H2,1,3-4H3. The van der Waals surface area contributed by atoms with Gasteiger partial charge in [-0.15, -0.1) is 0 Å². The Morgan fingerprint density at radius 3 is 2.79 bits per heavy atom. The molecule has 0 unspecified atom stereocenters. The van der Waals surface area contributed by atoms with Gasteiger partial charge >= 0.3 is 0 Å². The van der Waals surface area contributed by atoms with Crippen molar-refractivity contribution in [1.29, 1.82) is 0 Å². The van der Waals surface area contributed by atoms with Crippen molar-refractivity contribution in [3.63, 3.8) is 0 Å². The van der Waals surface area contributed by atoms with E-state index in [2.05, 4.69) is 54.7 Å². The molecule has 1 aliphatic carbocycles. The minimum Gasteiger partial charge on any atom is -0.353 e. The van der Waals surface area contributed by atoms with Crippen molar-refractivity contribution in [3.8, 4) is 0 Å². The van der Waals surface area contributed by atoms with Gasteiger partial charge in [0.1, 0.15) is 5.82 Å². The van der Waals surface area contributed by atoms with E-state index in [1.54, 1.807) is 0 Å². The molecule has 104 valence electrons. The highest BCUT2D eigenvalue weighted by atomic mass is 15.2. The molecule has 1 aromatic heterocycles. The lowest BCUT2D eigenvalue weighted by Gasteiger charge is -2.23. The van der Waals surface area contributed by atoms with Gasteiger partial charge in [0.2, 0.25) is 0 Å². The van der Waals surface area contributed by atoms with E-state index in [1.165, 1.54) is 24.0 Å². The second-order valence-electron chi connectivity index (χ2n) is 5.60. The van der Waals surface area contributed by atoms with Crippen LogP contribution in [0.3, 0.4) is 0 Å². The fourth-order valence-electron chi connectivity index (χ4n) is 2.22. The summed E-state index contributed by atoms with van der Waals surface area (Å²) in [6.07, 6.45) is 2.65. The lowest BCUT2D eigenvalue weighted by atomic mass is 10.2. The Morgan fingerprint density at radius 2 is 2.21 bits per heavy atom. The minimum atomic E-state index is 0.745. The molecule has 1 fully saturated rings. The largest absolute Gasteiger partial charge is 0.353 e. The van der Waals surface area contributed by atoms with Crippen LogP contribution in [-0.4, -0.2) is 24.1 Å². The summed E-state index contributed by atoms with van der Waals surface area (Å²) in [5.41, 5.74) is 3.59. The van der Waals surface area contributed by atoms with E-state index in [0.717, 1.165) is 37.2 Å². The van der Waals surface area contributed by atoms with Crippen molar-refractivity contribution in [2.24, 2.45) is 0 Å². The Hall–Kier alpha value is -1.35. The monoisotopic (exact) mass is 259 g/mol. The van der Waals surface area contributed by atoms with Crippen LogP contribution in [0.5, 0.6) is 0 Å². The highest BCUT2D eigenvalue weighted by Crippen LogP contribution is 2.21. The fourth-order valence-corrected chi connectivity index (χ4v) is 2.22. The van der Waals surface area contributed by atoms with E-state index in [0.29, 0.717) is 0 Å². The molecule has 1 aromatic rings. The number of hydrogen-bond donors (Lipinski definition) is 1. The first kappa shape index (κ1) is 14.1. The molecule has 0 bridgehead atoms. The van der Waals surface area contributed by atoms with Gasteiger partial charge in [0, 0.05) is 31.4 Å². The average Bonchev–Trinajstić information content (AvgIpc) is 3.16. The molecule has 1 aliphatic rings. The summed E-state index contributed by atoms with van der Waals surface area (Å²) in [4.78, 5) is 6.93. The Kier molecular flexibility index (Phi) is 4.59. The molecule has 2 rings (SSSR count). The van der Waals surface area contributed by atoms with Gasteiger partial charge in [-0.3, -0.25) is 0 Å². The van der Waals surface area contributed by atoms with Crippen LogP contribution in [0.15, 0.2) is 24.3 Å². The quantitative estimate of drug-likeness (QED) is 0.763. The maximum Gasteiger partial charge on any atom is 0.129 e. The number of hydrogen-bond acceptors (Lipinski definition) is 3. The summed E-state index contributed by atoms with van der Waals surface area (Å²) >= 11 is 0. The topological polar surface area (TPSA) is 28.2 Å². The zero-order valence-corrected chi connectivity index (χ0v) is 12.4. The number of rotatable bonds is 7. The van der Waals surface area contributed by atoms with Crippen molar-refractivity contribution in [2.75, 3.05) is 18.0 Å². The molecule has 0 amide bonds. The molecule has 0 saturated heterocycles. The van der Waals surface area contributed by atoms with E-state index in [9.17, 15) is 0 Å². The molecule has 3 heteroatoms. The summed E-state index contributed by atoms with van der Waals surface area (Å²) in [5, 5.41) is 3.56. The summed E-state index contributed by atoms with van der Waals surface area (Å²) in [7, 11) is 0. The Bertz CT molecular complexity index is 449. The molecule has 1 heterocycles.